The number of likely N-dealkylation sites (tertiary alicyclic amines) is 1. The zero-order chi connectivity index (χ0) is 24.1. The van der Waals surface area contributed by atoms with Crippen LogP contribution in [0.1, 0.15) is 29.8 Å². The van der Waals surface area contributed by atoms with Crippen LogP contribution < -0.4 is 4.74 Å². The largest absolute Gasteiger partial charge is 0.490 e. The molecule has 2 saturated heterocycles. The lowest BCUT2D eigenvalue weighted by molar-refractivity contribution is -0.192. The Kier molecular flexibility index (Phi) is 7.62. The van der Waals surface area contributed by atoms with Crippen LogP contribution in [0.2, 0.25) is 0 Å². The number of aromatic nitrogens is 2. The van der Waals surface area contributed by atoms with E-state index in [-0.39, 0.29) is 17.4 Å². The van der Waals surface area contributed by atoms with E-state index >= 15 is 0 Å². The van der Waals surface area contributed by atoms with Crippen LogP contribution in [0, 0.1) is 5.41 Å². The molecule has 1 unspecified atom stereocenters. The maximum Gasteiger partial charge on any atom is 0.490 e. The van der Waals surface area contributed by atoms with Crippen molar-refractivity contribution < 1.29 is 37.3 Å². The lowest BCUT2D eigenvalue weighted by atomic mass is 9.76. The quantitative estimate of drug-likeness (QED) is 0.740. The first-order chi connectivity index (χ1) is 15.6. The Labute approximate surface area is 188 Å². The summed E-state index contributed by atoms with van der Waals surface area (Å²) < 4.78 is 45.4. The average Bonchev–Trinajstić information content (AvgIpc) is 3.39. The number of pyridine rings is 1. The van der Waals surface area contributed by atoms with Crippen molar-refractivity contribution in [3.05, 3.63) is 48.4 Å². The van der Waals surface area contributed by atoms with Crippen LogP contribution in [0.25, 0.3) is 0 Å². The van der Waals surface area contributed by atoms with Gasteiger partial charge in [0.2, 0.25) is 5.88 Å². The summed E-state index contributed by atoms with van der Waals surface area (Å²) in [6.45, 7) is 2.88. The van der Waals surface area contributed by atoms with E-state index in [1.165, 1.54) is 0 Å². The molecule has 1 spiro atoms. The molecule has 4 rings (SSSR count). The van der Waals surface area contributed by atoms with Gasteiger partial charge in [-0.05, 0) is 42.9 Å². The summed E-state index contributed by atoms with van der Waals surface area (Å²) in [4.78, 5) is 27.7. The summed E-state index contributed by atoms with van der Waals surface area (Å²) in [5.74, 6) is -1.99. The van der Waals surface area contributed by atoms with Crippen molar-refractivity contribution in [1.82, 2.24) is 14.5 Å². The maximum atomic E-state index is 12.7. The molecule has 4 heterocycles. The molecule has 0 radical (unpaired) electrons. The van der Waals surface area contributed by atoms with Gasteiger partial charge < -0.3 is 24.0 Å². The Hall–Kier alpha value is -3.08. The van der Waals surface area contributed by atoms with Gasteiger partial charge in [0.05, 0.1) is 12.7 Å². The van der Waals surface area contributed by atoms with Gasteiger partial charge in [0, 0.05) is 38.6 Å². The number of aryl methyl sites for hydroxylation is 1. The molecule has 2 aromatic rings. The summed E-state index contributed by atoms with van der Waals surface area (Å²) in [5.41, 5.74) is 0.939. The van der Waals surface area contributed by atoms with Crippen molar-refractivity contribution in [2.45, 2.75) is 31.5 Å². The summed E-state index contributed by atoms with van der Waals surface area (Å²) in [6, 6.07) is 9.45. The van der Waals surface area contributed by atoms with Gasteiger partial charge in [-0.25, -0.2) is 9.78 Å². The van der Waals surface area contributed by atoms with E-state index in [1.54, 1.807) is 6.20 Å². The van der Waals surface area contributed by atoms with Crippen molar-refractivity contribution in [1.29, 1.82) is 0 Å². The van der Waals surface area contributed by atoms with E-state index in [4.69, 9.17) is 19.4 Å². The number of aliphatic carboxylic acids is 1. The molecule has 0 saturated carbocycles. The lowest BCUT2D eigenvalue weighted by Gasteiger charge is -2.38. The van der Waals surface area contributed by atoms with Crippen LogP contribution in [0.4, 0.5) is 13.2 Å². The third-order valence-electron chi connectivity index (χ3n) is 5.86. The number of alkyl halides is 3. The van der Waals surface area contributed by atoms with Crippen molar-refractivity contribution in [2.24, 2.45) is 12.5 Å². The van der Waals surface area contributed by atoms with Gasteiger partial charge in [0.15, 0.2) is 0 Å². The molecular formula is C22H26F3N3O5. The predicted molar refractivity (Wildman–Crippen MR) is 111 cm³/mol. The number of ether oxygens (including phenoxy) is 2. The second-order valence-electron chi connectivity index (χ2n) is 8.22. The Morgan fingerprint density at radius 2 is 1.94 bits per heavy atom. The lowest BCUT2D eigenvalue weighted by Crippen LogP contribution is -2.44. The topological polar surface area (TPSA) is 93.9 Å². The molecule has 1 N–H and O–H groups in total. The van der Waals surface area contributed by atoms with Gasteiger partial charge >= 0.3 is 12.1 Å². The number of hydrogen-bond donors (Lipinski definition) is 1. The molecule has 2 aliphatic heterocycles. The van der Waals surface area contributed by atoms with Crippen LogP contribution in [0.3, 0.4) is 0 Å². The highest BCUT2D eigenvalue weighted by Crippen LogP contribution is 2.42. The molecule has 0 bridgehead atoms. The molecular weight excluding hydrogens is 443 g/mol. The summed E-state index contributed by atoms with van der Waals surface area (Å²) in [5, 5.41) is 7.12. The number of piperidine rings is 1. The van der Waals surface area contributed by atoms with Gasteiger partial charge in [0.25, 0.3) is 5.91 Å². The SMILES string of the molecule is Cn1cccc1C(=O)N1CCC2(CC1)COC(COc1ccccn1)C2.O=C(O)C(F)(F)F. The van der Waals surface area contributed by atoms with E-state index in [2.05, 4.69) is 4.98 Å². The maximum absolute atomic E-state index is 12.7. The zero-order valence-corrected chi connectivity index (χ0v) is 18.1. The zero-order valence-electron chi connectivity index (χ0n) is 18.1. The number of carboxylic acid groups (broad SMARTS) is 1. The second-order valence-corrected chi connectivity index (χ2v) is 8.22. The Morgan fingerprint density at radius 1 is 1.24 bits per heavy atom. The molecule has 2 aliphatic rings. The first-order valence-electron chi connectivity index (χ1n) is 10.5. The normalized spacial score (nSPS) is 19.6. The van der Waals surface area contributed by atoms with Gasteiger partial charge in [-0.3, -0.25) is 4.79 Å². The fraction of sp³-hybridized carbons (Fsp3) is 0.500. The number of hydrogen-bond acceptors (Lipinski definition) is 5. The number of carbonyl (C=O) groups excluding carboxylic acids is 1. The number of carbonyl (C=O) groups is 2. The van der Waals surface area contributed by atoms with Crippen LogP contribution in [-0.4, -0.2) is 70.0 Å². The van der Waals surface area contributed by atoms with Gasteiger partial charge in [-0.15, -0.1) is 0 Å². The minimum atomic E-state index is -5.08. The Morgan fingerprint density at radius 3 is 2.48 bits per heavy atom. The Bertz CT molecular complexity index is 940. The van der Waals surface area contributed by atoms with Gasteiger partial charge in [-0.2, -0.15) is 13.2 Å². The fourth-order valence-corrected chi connectivity index (χ4v) is 3.99. The van der Waals surface area contributed by atoms with Crippen molar-refractivity contribution >= 4 is 11.9 Å². The number of carboxylic acids is 1. The van der Waals surface area contributed by atoms with Crippen molar-refractivity contribution in [2.75, 3.05) is 26.3 Å². The van der Waals surface area contributed by atoms with Crippen molar-refractivity contribution in [3.63, 3.8) is 0 Å². The molecule has 0 aromatic carbocycles. The van der Waals surface area contributed by atoms with Crippen molar-refractivity contribution in [3.8, 4) is 5.88 Å². The standard InChI is InChI=1S/C20H25N3O3.C2HF3O2/c1-22-10-4-5-17(22)19(24)23-11-7-20(8-12-23)13-16(26-15-20)14-25-18-6-2-3-9-21-18;3-2(4,5)1(6)7/h2-6,9-10,16H,7-8,11-15H2,1H3;(H,6,7). The smallest absolute Gasteiger partial charge is 0.475 e. The fourth-order valence-electron chi connectivity index (χ4n) is 3.99. The molecule has 33 heavy (non-hydrogen) atoms. The minimum absolute atomic E-state index is 0.104. The van der Waals surface area contributed by atoms with Crippen LogP contribution in [0.15, 0.2) is 42.7 Å². The molecule has 0 aliphatic carbocycles. The molecule has 2 aromatic heterocycles. The molecule has 11 heteroatoms. The summed E-state index contributed by atoms with van der Waals surface area (Å²) in [6.07, 6.45) is 1.63. The highest BCUT2D eigenvalue weighted by molar-refractivity contribution is 5.92. The van der Waals surface area contributed by atoms with Crippen LogP contribution >= 0.6 is 0 Å². The van der Waals surface area contributed by atoms with E-state index in [0.717, 1.165) is 44.7 Å². The highest BCUT2D eigenvalue weighted by atomic mass is 19.4. The van der Waals surface area contributed by atoms with E-state index in [0.29, 0.717) is 12.5 Å². The van der Waals surface area contributed by atoms with Crippen LogP contribution in [0.5, 0.6) is 5.88 Å². The van der Waals surface area contributed by atoms with Crippen LogP contribution in [-0.2, 0) is 16.6 Å². The molecule has 180 valence electrons. The summed E-state index contributed by atoms with van der Waals surface area (Å²) >= 11 is 0. The number of nitrogens with zero attached hydrogens (tertiary/aromatic N) is 3. The average molecular weight is 469 g/mol. The molecule has 1 atom stereocenters. The third-order valence-corrected chi connectivity index (χ3v) is 5.86. The number of rotatable bonds is 4. The Balaban J connectivity index is 0.000000383. The highest BCUT2D eigenvalue weighted by Gasteiger charge is 2.43. The first-order valence-corrected chi connectivity index (χ1v) is 10.5. The number of amides is 1. The minimum Gasteiger partial charge on any atom is -0.475 e. The predicted octanol–water partition coefficient (Wildman–Crippen LogP) is 3.14. The van der Waals surface area contributed by atoms with Gasteiger partial charge in [-0.1, -0.05) is 6.07 Å². The monoisotopic (exact) mass is 469 g/mol. The van der Waals surface area contributed by atoms with Gasteiger partial charge in [0.1, 0.15) is 12.3 Å². The van der Waals surface area contributed by atoms with E-state index < -0.39 is 12.1 Å². The van der Waals surface area contributed by atoms with E-state index in [9.17, 15) is 18.0 Å². The number of halogens is 3. The van der Waals surface area contributed by atoms with E-state index in [1.807, 2.05) is 53.0 Å². The molecule has 8 nitrogen and oxygen atoms in total. The second kappa shape index (κ2) is 10.2. The first kappa shape index (κ1) is 24.6. The molecule has 2 fully saturated rings. The molecule has 1 amide bonds. The third kappa shape index (κ3) is 6.47. The summed E-state index contributed by atoms with van der Waals surface area (Å²) in [7, 11) is 1.91.